The molecule has 0 saturated carbocycles. The van der Waals surface area contributed by atoms with Crippen LogP contribution in [0.3, 0.4) is 0 Å². The summed E-state index contributed by atoms with van der Waals surface area (Å²) in [7, 11) is 0. The van der Waals surface area contributed by atoms with E-state index in [0.29, 0.717) is 16.6 Å². The molecule has 1 saturated heterocycles. The van der Waals surface area contributed by atoms with Crippen molar-refractivity contribution in [1.29, 1.82) is 5.26 Å². The third kappa shape index (κ3) is 2.21. The lowest BCUT2D eigenvalue weighted by atomic mass is 10.00. The number of piperidine rings is 1. The van der Waals surface area contributed by atoms with Crippen LogP contribution in [0, 0.1) is 11.3 Å². The van der Waals surface area contributed by atoms with E-state index in [4.69, 9.17) is 11.6 Å². The summed E-state index contributed by atoms with van der Waals surface area (Å²) in [6, 6.07) is 8.39. The second-order valence-corrected chi connectivity index (χ2v) is 5.77. The first-order chi connectivity index (χ1) is 9.70. The van der Waals surface area contributed by atoms with Gasteiger partial charge >= 0.3 is 0 Å². The predicted molar refractivity (Wildman–Crippen MR) is 82.1 cm³/mol. The van der Waals surface area contributed by atoms with E-state index in [2.05, 4.69) is 22.9 Å². The Morgan fingerprint density at radius 1 is 1.40 bits per heavy atom. The number of anilines is 1. The second kappa shape index (κ2) is 5.30. The molecule has 0 spiro atoms. The maximum Gasteiger partial charge on any atom is 0.103 e. The minimum Gasteiger partial charge on any atom is -0.367 e. The lowest BCUT2D eigenvalue weighted by Crippen LogP contribution is -2.38. The topological polar surface area (TPSA) is 39.9 Å². The van der Waals surface area contributed by atoms with Crippen LogP contribution in [-0.2, 0) is 0 Å². The highest BCUT2D eigenvalue weighted by molar-refractivity contribution is 6.31. The van der Waals surface area contributed by atoms with Gasteiger partial charge in [0.05, 0.1) is 16.8 Å². The fourth-order valence-corrected chi connectivity index (χ4v) is 3.14. The van der Waals surface area contributed by atoms with Crippen molar-refractivity contribution in [3.05, 3.63) is 35.0 Å². The SMILES string of the molecule is CC1CCCCN1c1c(C#N)cnc2ccc(Cl)cc12. The summed E-state index contributed by atoms with van der Waals surface area (Å²) in [6.07, 6.45) is 5.26. The summed E-state index contributed by atoms with van der Waals surface area (Å²) in [5, 5.41) is 11.1. The maximum absolute atomic E-state index is 9.41. The van der Waals surface area contributed by atoms with Gasteiger partial charge in [-0.3, -0.25) is 4.98 Å². The van der Waals surface area contributed by atoms with E-state index >= 15 is 0 Å². The summed E-state index contributed by atoms with van der Waals surface area (Å²) < 4.78 is 0. The minimum atomic E-state index is 0.445. The number of pyridine rings is 1. The Morgan fingerprint density at radius 3 is 3.00 bits per heavy atom. The second-order valence-electron chi connectivity index (χ2n) is 5.33. The fourth-order valence-electron chi connectivity index (χ4n) is 2.97. The number of benzene rings is 1. The highest BCUT2D eigenvalue weighted by atomic mass is 35.5. The number of halogens is 1. The molecule has 1 aliphatic heterocycles. The highest BCUT2D eigenvalue weighted by Gasteiger charge is 2.23. The van der Waals surface area contributed by atoms with Gasteiger partial charge < -0.3 is 4.90 Å². The Morgan fingerprint density at radius 2 is 2.25 bits per heavy atom. The van der Waals surface area contributed by atoms with Crippen molar-refractivity contribution in [2.45, 2.75) is 32.2 Å². The molecule has 1 unspecified atom stereocenters. The third-order valence-electron chi connectivity index (χ3n) is 4.01. The molecule has 2 heterocycles. The molecule has 2 aromatic rings. The molecule has 3 rings (SSSR count). The number of rotatable bonds is 1. The van der Waals surface area contributed by atoms with Gasteiger partial charge in [-0.1, -0.05) is 11.6 Å². The van der Waals surface area contributed by atoms with E-state index in [-0.39, 0.29) is 0 Å². The van der Waals surface area contributed by atoms with Gasteiger partial charge in [0.15, 0.2) is 0 Å². The van der Waals surface area contributed by atoms with E-state index in [0.717, 1.165) is 29.6 Å². The van der Waals surface area contributed by atoms with Crippen molar-refractivity contribution >= 4 is 28.2 Å². The van der Waals surface area contributed by atoms with Crippen LogP contribution < -0.4 is 4.90 Å². The maximum atomic E-state index is 9.41. The van der Waals surface area contributed by atoms with Gasteiger partial charge in [0, 0.05) is 29.2 Å². The van der Waals surface area contributed by atoms with Gasteiger partial charge in [0.25, 0.3) is 0 Å². The standard InChI is InChI=1S/C16H16ClN3/c1-11-4-2-3-7-20(11)16-12(9-18)10-19-15-6-5-13(17)8-14(15)16/h5-6,8,10-11H,2-4,7H2,1H3. The zero-order valence-electron chi connectivity index (χ0n) is 11.4. The van der Waals surface area contributed by atoms with Crippen LogP contribution in [-0.4, -0.2) is 17.6 Å². The molecule has 3 nitrogen and oxygen atoms in total. The Hall–Kier alpha value is -1.79. The number of fused-ring (bicyclic) bond motifs is 1. The minimum absolute atomic E-state index is 0.445. The van der Waals surface area contributed by atoms with Gasteiger partial charge in [0.2, 0.25) is 0 Å². The Labute approximate surface area is 123 Å². The lowest BCUT2D eigenvalue weighted by Gasteiger charge is -2.36. The molecule has 20 heavy (non-hydrogen) atoms. The molecule has 0 aliphatic carbocycles. The van der Waals surface area contributed by atoms with Crippen LogP contribution in [0.5, 0.6) is 0 Å². The zero-order valence-corrected chi connectivity index (χ0v) is 12.2. The van der Waals surface area contributed by atoms with Gasteiger partial charge in [0.1, 0.15) is 6.07 Å². The van der Waals surface area contributed by atoms with Gasteiger partial charge in [-0.15, -0.1) is 0 Å². The van der Waals surface area contributed by atoms with Crippen molar-refractivity contribution in [2.24, 2.45) is 0 Å². The fraction of sp³-hybridized carbons (Fsp3) is 0.375. The van der Waals surface area contributed by atoms with Crippen LogP contribution >= 0.6 is 11.6 Å². The summed E-state index contributed by atoms with van der Waals surface area (Å²) >= 11 is 6.13. The number of aromatic nitrogens is 1. The molecule has 1 aliphatic rings. The number of hydrogen-bond donors (Lipinski definition) is 0. The van der Waals surface area contributed by atoms with E-state index in [1.165, 1.54) is 12.8 Å². The lowest BCUT2D eigenvalue weighted by molar-refractivity contribution is 0.485. The number of nitriles is 1. The molecule has 0 radical (unpaired) electrons. The molecule has 0 N–H and O–H groups in total. The number of nitrogens with zero attached hydrogens (tertiary/aromatic N) is 3. The van der Waals surface area contributed by atoms with Crippen molar-refractivity contribution in [3.63, 3.8) is 0 Å². The van der Waals surface area contributed by atoms with Crippen LogP contribution in [0.15, 0.2) is 24.4 Å². The van der Waals surface area contributed by atoms with Crippen molar-refractivity contribution in [1.82, 2.24) is 4.98 Å². The summed E-state index contributed by atoms with van der Waals surface area (Å²) in [5.74, 6) is 0. The molecule has 0 amide bonds. The van der Waals surface area contributed by atoms with E-state index in [1.807, 2.05) is 18.2 Å². The first-order valence-corrected chi connectivity index (χ1v) is 7.33. The quantitative estimate of drug-likeness (QED) is 0.790. The predicted octanol–water partition coefficient (Wildman–Crippen LogP) is 4.14. The smallest absolute Gasteiger partial charge is 0.103 e. The largest absolute Gasteiger partial charge is 0.367 e. The van der Waals surface area contributed by atoms with E-state index < -0.39 is 0 Å². The van der Waals surface area contributed by atoms with Gasteiger partial charge in [-0.2, -0.15) is 5.26 Å². The first-order valence-electron chi connectivity index (χ1n) is 6.95. The Balaban J connectivity index is 2.25. The molecular formula is C16H16ClN3. The molecule has 0 bridgehead atoms. The Kier molecular flexibility index (Phi) is 3.50. The molecule has 1 aromatic carbocycles. The van der Waals surface area contributed by atoms with Crippen LogP contribution in [0.2, 0.25) is 5.02 Å². The molecule has 1 atom stereocenters. The summed E-state index contributed by atoms with van der Waals surface area (Å²) in [5.41, 5.74) is 2.52. The van der Waals surface area contributed by atoms with Crippen LogP contribution in [0.25, 0.3) is 10.9 Å². The van der Waals surface area contributed by atoms with Crippen molar-refractivity contribution < 1.29 is 0 Å². The van der Waals surface area contributed by atoms with Crippen molar-refractivity contribution in [2.75, 3.05) is 11.4 Å². The first kappa shape index (κ1) is 13.2. The molecule has 1 aromatic heterocycles. The number of hydrogen-bond acceptors (Lipinski definition) is 3. The highest BCUT2D eigenvalue weighted by Crippen LogP contribution is 2.34. The van der Waals surface area contributed by atoms with Crippen LogP contribution in [0.4, 0.5) is 5.69 Å². The molecule has 1 fully saturated rings. The van der Waals surface area contributed by atoms with E-state index in [9.17, 15) is 5.26 Å². The van der Waals surface area contributed by atoms with E-state index in [1.54, 1.807) is 6.20 Å². The normalized spacial score (nSPS) is 19.1. The summed E-state index contributed by atoms with van der Waals surface area (Å²) in [4.78, 5) is 6.70. The van der Waals surface area contributed by atoms with Gasteiger partial charge in [-0.05, 0) is 44.4 Å². The summed E-state index contributed by atoms with van der Waals surface area (Å²) in [6.45, 7) is 3.21. The monoisotopic (exact) mass is 285 g/mol. The zero-order chi connectivity index (χ0) is 14.1. The average molecular weight is 286 g/mol. The van der Waals surface area contributed by atoms with Gasteiger partial charge in [-0.25, -0.2) is 0 Å². The van der Waals surface area contributed by atoms with Crippen molar-refractivity contribution in [3.8, 4) is 6.07 Å². The third-order valence-corrected chi connectivity index (χ3v) is 4.25. The molecule has 102 valence electrons. The molecular weight excluding hydrogens is 270 g/mol. The Bertz CT molecular complexity index is 690. The molecule has 4 heteroatoms. The van der Waals surface area contributed by atoms with Crippen LogP contribution in [0.1, 0.15) is 31.7 Å². The average Bonchev–Trinajstić information content (AvgIpc) is 2.47.